The maximum atomic E-state index is 8.56. The van der Waals surface area contributed by atoms with Crippen molar-refractivity contribution in [3.63, 3.8) is 0 Å². The van der Waals surface area contributed by atoms with Gasteiger partial charge in [0.1, 0.15) is 0 Å². The highest BCUT2D eigenvalue weighted by atomic mass is 16.5. The minimum absolute atomic E-state index is 0.0324. The molecule has 2 aromatic rings. The lowest BCUT2D eigenvalue weighted by Gasteiger charge is -2.07. The molecular formula is C11H17N7O2. The summed E-state index contributed by atoms with van der Waals surface area (Å²) in [5.74, 6) is 0.885. The molecule has 2 rings (SSSR count). The van der Waals surface area contributed by atoms with Crippen LogP contribution in [-0.2, 0) is 4.74 Å². The van der Waals surface area contributed by atoms with Crippen molar-refractivity contribution in [1.82, 2.24) is 24.7 Å². The van der Waals surface area contributed by atoms with Gasteiger partial charge in [-0.2, -0.15) is 20.1 Å². The molecule has 0 fully saturated rings. The molecule has 0 atom stereocenters. The third-order valence-corrected chi connectivity index (χ3v) is 2.33. The van der Waals surface area contributed by atoms with Crippen LogP contribution < -0.4 is 11.1 Å². The van der Waals surface area contributed by atoms with E-state index in [0.29, 0.717) is 31.7 Å². The minimum Gasteiger partial charge on any atom is -0.394 e. The highest BCUT2D eigenvalue weighted by Gasteiger charge is 2.05. The van der Waals surface area contributed by atoms with Crippen LogP contribution in [0.2, 0.25) is 0 Å². The minimum atomic E-state index is 0.0324. The lowest BCUT2D eigenvalue weighted by molar-refractivity contribution is 0.0921. The van der Waals surface area contributed by atoms with Crippen LogP contribution in [0.1, 0.15) is 6.42 Å². The Morgan fingerprint density at radius 1 is 1.30 bits per heavy atom. The summed E-state index contributed by atoms with van der Waals surface area (Å²) < 4.78 is 6.65. The molecule has 0 spiro atoms. The van der Waals surface area contributed by atoms with Crippen molar-refractivity contribution in [2.24, 2.45) is 0 Å². The lowest BCUT2D eigenvalue weighted by Crippen LogP contribution is -2.13. The van der Waals surface area contributed by atoms with Crippen LogP contribution in [0.15, 0.2) is 18.5 Å². The molecular weight excluding hydrogens is 262 g/mol. The summed E-state index contributed by atoms with van der Waals surface area (Å²) in [6.07, 6.45) is 4.12. The Morgan fingerprint density at radius 3 is 2.95 bits per heavy atom. The molecule has 20 heavy (non-hydrogen) atoms. The van der Waals surface area contributed by atoms with Gasteiger partial charge in [-0.05, 0) is 12.5 Å². The molecule has 0 amide bonds. The van der Waals surface area contributed by atoms with E-state index in [1.165, 1.54) is 4.68 Å². The standard InChI is InChI=1S/C11H17N7O2/c12-9-15-10(13-3-2-7-20-8-6-19)17-11(16-9)18-5-1-4-14-18/h1,4-5,19H,2-3,6-8H2,(H3,12,13,15,16,17). The zero-order valence-electron chi connectivity index (χ0n) is 10.9. The van der Waals surface area contributed by atoms with E-state index in [9.17, 15) is 0 Å². The van der Waals surface area contributed by atoms with Crippen molar-refractivity contribution in [1.29, 1.82) is 0 Å². The first-order chi connectivity index (χ1) is 9.79. The van der Waals surface area contributed by atoms with E-state index in [-0.39, 0.29) is 12.6 Å². The van der Waals surface area contributed by atoms with Crippen molar-refractivity contribution in [2.45, 2.75) is 6.42 Å². The van der Waals surface area contributed by atoms with E-state index < -0.39 is 0 Å². The molecule has 108 valence electrons. The molecule has 2 aromatic heterocycles. The smallest absolute Gasteiger partial charge is 0.257 e. The van der Waals surface area contributed by atoms with E-state index in [4.69, 9.17) is 15.6 Å². The highest BCUT2D eigenvalue weighted by Crippen LogP contribution is 2.06. The number of aliphatic hydroxyl groups is 1. The normalized spacial score (nSPS) is 10.7. The van der Waals surface area contributed by atoms with Crippen LogP contribution in [-0.4, -0.2) is 56.2 Å². The number of aromatic nitrogens is 5. The van der Waals surface area contributed by atoms with Crippen molar-refractivity contribution in [3.8, 4) is 5.95 Å². The molecule has 0 bridgehead atoms. The predicted octanol–water partition coefficient (Wildman–Crippen LogP) is -0.550. The number of rotatable bonds is 8. The summed E-state index contributed by atoms with van der Waals surface area (Å²) in [7, 11) is 0. The molecule has 0 unspecified atom stereocenters. The van der Waals surface area contributed by atoms with Gasteiger partial charge in [-0.25, -0.2) is 4.68 Å². The van der Waals surface area contributed by atoms with Crippen LogP contribution in [0.3, 0.4) is 0 Å². The number of nitrogens with one attached hydrogen (secondary N) is 1. The van der Waals surface area contributed by atoms with Gasteiger partial charge >= 0.3 is 0 Å². The quantitative estimate of drug-likeness (QED) is 0.550. The molecule has 0 saturated carbocycles. The number of hydrogen-bond acceptors (Lipinski definition) is 8. The third kappa shape index (κ3) is 4.14. The van der Waals surface area contributed by atoms with Gasteiger partial charge in [0.15, 0.2) is 0 Å². The number of hydrogen-bond donors (Lipinski definition) is 3. The Bertz CT molecular complexity index is 517. The summed E-state index contributed by atoms with van der Waals surface area (Å²) >= 11 is 0. The molecule has 9 nitrogen and oxygen atoms in total. The van der Waals surface area contributed by atoms with Gasteiger partial charge in [-0.1, -0.05) is 0 Å². The number of nitrogen functional groups attached to an aromatic ring is 1. The zero-order chi connectivity index (χ0) is 14.2. The van der Waals surface area contributed by atoms with E-state index >= 15 is 0 Å². The van der Waals surface area contributed by atoms with Crippen molar-refractivity contribution in [2.75, 3.05) is 37.4 Å². The Hall–Kier alpha value is -2.26. The number of nitrogens with two attached hydrogens (primary N) is 1. The van der Waals surface area contributed by atoms with Crippen LogP contribution >= 0.6 is 0 Å². The fraction of sp³-hybridized carbons (Fsp3) is 0.455. The van der Waals surface area contributed by atoms with Crippen LogP contribution in [0.25, 0.3) is 5.95 Å². The maximum absolute atomic E-state index is 8.56. The topological polar surface area (TPSA) is 124 Å². The summed E-state index contributed by atoms with van der Waals surface area (Å²) in [6, 6.07) is 1.77. The number of anilines is 2. The van der Waals surface area contributed by atoms with Crippen LogP contribution in [0, 0.1) is 0 Å². The van der Waals surface area contributed by atoms with Crippen molar-refractivity contribution < 1.29 is 9.84 Å². The molecule has 0 aliphatic carbocycles. The Kier molecular flexibility index (Phi) is 5.21. The second kappa shape index (κ2) is 7.36. The number of ether oxygens (including phenoxy) is 1. The molecule has 0 aliphatic heterocycles. The van der Waals surface area contributed by atoms with Gasteiger partial charge in [0.25, 0.3) is 5.95 Å². The fourth-order valence-electron chi connectivity index (χ4n) is 1.49. The Morgan fingerprint density at radius 2 is 2.20 bits per heavy atom. The molecule has 0 saturated heterocycles. The highest BCUT2D eigenvalue weighted by molar-refractivity contribution is 5.34. The largest absolute Gasteiger partial charge is 0.394 e. The van der Waals surface area contributed by atoms with E-state index in [0.717, 1.165) is 6.42 Å². The Balaban J connectivity index is 1.88. The van der Waals surface area contributed by atoms with E-state index in [2.05, 4.69) is 25.4 Å². The predicted molar refractivity (Wildman–Crippen MR) is 72.4 cm³/mol. The third-order valence-electron chi connectivity index (χ3n) is 2.33. The summed E-state index contributed by atoms with van der Waals surface area (Å²) in [5.41, 5.74) is 5.64. The second-order valence-electron chi connectivity index (χ2n) is 3.88. The number of aliphatic hydroxyl groups excluding tert-OH is 1. The van der Waals surface area contributed by atoms with E-state index in [1.807, 2.05) is 0 Å². The number of nitrogens with zero attached hydrogens (tertiary/aromatic N) is 5. The fourth-order valence-corrected chi connectivity index (χ4v) is 1.49. The zero-order valence-corrected chi connectivity index (χ0v) is 10.9. The van der Waals surface area contributed by atoms with Gasteiger partial charge in [-0.15, -0.1) is 0 Å². The van der Waals surface area contributed by atoms with Gasteiger partial charge in [0.05, 0.1) is 13.2 Å². The average Bonchev–Trinajstić information content (AvgIpc) is 2.96. The van der Waals surface area contributed by atoms with Gasteiger partial charge in [0.2, 0.25) is 11.9 Å². The van der Waals surface area contributed by atoms with Gasteiger partial charge < -0.3 is 20.9 Å². The summed E-state index contributed by atoms with van der Waals surface area (Å²) in [5, 5.41) is 15.6. The average molecular weight is 279 g/mol. The van der Waals surface area contributed by atoms with Gasteiger partial charge in [-0.3, -0.25) is 0 Å². The van der Waals surface area contributed by atoms with E-state index in [1.54, 1.807) is 18.5 Å². The second-order valence-corrected chi connectivity index (χ2v) is 3.88. The first kappa shape index (κ1) is 14.2. The van der Waals surface area contributed by atoms with Crippen molar-refractivity contribution in [3.05, 3.63) is 18.5 Å². The molecule has 0 aromatic carbocycles. The first-order valence-electron chi connectivity index (χ1n) is 6.23. The molecule has 4 N–H and O–H groups in total. The molecule has 2 heterocycles. The summed E-state index contributed by atoms with van der Waals surface area (Å²) in [4.78, 5) is 12.2. The lowest BCUT2D eigenvalue weighted by atomic mass is 10.4. The molecule has 0 radical (unpaired) electrons. The Labute approximate surface area is 115 Å². The molecule has 9 heteroatoms. The van der Waals surface area contributed by atoms with Crippen LogP contribution in [0.4, 0.5) is 11.9 Å². The molecule has 0 aliphatic rings. The van der Waals surface area contributed by atoms with Crippen molar-refractivity contribution >= 4 is 11.9 Å². The van der Waals surface area contributed by atoms with Crippen LogP contribution in [0.5, 0.6) is 0 Å². The SMILES string of the molecule is Nc1nc(NCCCOCCO)nc(-n2cccn2)n1. The summed E-state index contributed by atoms with van der Waals surface area (Å²) in [6.45, 7) is 1.57. The monoisotopic (exact) mass is 279 g/mol. The van der Waals surface area contributed by atoms with Gasteiger partial charge in [0, 0.05) is 25.5 Å². The first-order valence-corrected chi connectivity index (χ1v) is 6.23. The maximum Gasteiger partial charge on any atom is 0.257 e.